The van der Waals surface area contributed by atoms with Gasteiger partial charge in [0.1, 0.15) is 5.69 Å². The lowest BCUT2D eigenvalue weighted by Gasteiger charge is -2.00. The first-order valence-electron chi connectivity index (χ1n) is 5.95. The van der Waals surface area contributed by atoms with Crippen molar-refractivity contribution in [1.82, 2.24) is 15.1 Å². The Balaban J connectivity index is 2.02. The van der Waals surface area contributed by atoms with Gasteiger partial charge in [0.2, 0.25) is 5.82 Å². The van der Waals surface area contributed by atoms with Crippen LogP contribution in [0.2, 0.25) is 5.02 Å². The van der Waals surface area contributed by atoms with Crippen LogP contribution in [0.4, 0.5) is 5.69 Å². The van der Waals surface area contributed by atoms with Gasteiger partial charge in [0.15, 0.2) is 0 Å². The Labute approximate surface area is 120 Å². The summed E-state index contributed by atoms with van der Waals surface area (Å²) in [6.07, 6.45) is 1.71. The van der Waals surface area contributed by atoms with Gasteiger partial charge < -0.3 is 10.3 Å². The minimum atomic E-state index is 0.345. The molecular weight excluding hydrogens is 276 g/mol. The van der Waals surface area contributed by atoms with E-state index in [0.717, 1.165) is 5.56 Å². The number of halogens is 1. The Bertz CT molecular complexity index is 769. The minimum absolute atomic E-state index is 0.345. The maximum atomic E-state index is 5.90. The molecule has 0 saturated carbocycles. The van der Waals surface area contributed by atoms with E-state index in [1.54, 1.807) is 24.4 Å². The summed E-state index contributed by atoms with van der Waals surface area (Å²) in [5.41, 5.74) is 8.78. The fourth-order valence-electron chi connectivity index (χ4n) is 1.82. The lowest BCUT2D eigenvalue weighted by atomic mass is 10.2. The second-order valence-corrected chi connectivity index (χ2v) is 4.81. The van der Waals surface area contributed by atoms with Crippen LogP contribution in [0.3, 0.4) is 0 Å². The molecule has 6 heteroatoms. The number of anilines is 1. The molecule has 0 fully saturated rings. The number of benzene rings is 1. The third-order valence-corrected chi connectivity index (χ3v) is 3.05. The van der Waals surface area contributed by atoms with Gasteiger partial charge in [-0.1, -0.05) is 16.8 Å². The minimum Gasteiger partial charge on any atom is -0.398 e. The number of hydrogen-bond donors (Lipinski definition) is 1. The Morgan fingerprint density at radius 1 is 1.20 bits per heavy atom. The van der Waals surface area contributed by atoms with Crippen molar-refractivity contribution in [2.75, 3.05) is 5.73 Å². The number of pyridine rings is 1. The highest BCUT2D eigenvalue weighted by Crippen LogP contribution is 2.28. The Kier molecular flexibility index (Phi) is 3.12. The zero-order valence-corrected chi connectivity index (χ0v) is 11.4. The fourth-order valence-corrected chi connectivity index (χ4v) is 2.00. The Morgan fingerprint density at radius 2 is 2.05 bits per heavy atom. The van der Waals surface area contributed by atoms with Gasteiger partial charge in [-0.3, -0.25) is 4.98 Å². The van der Waals surface area contributed by atoms with Crippen LogP contribution in [0.1, 0.15) is 5.56 Å². The van der Waals surface area contributed by atoms with Crippen LogP contribution in [-0.4, -0.2) is 15.1 Å². The summed E-state index contributed by atoms with van der Waals surface area (Å²) in [4.78, 5) is 8.53. The van der Waals surface area contributed by atoms with Crippen LogP contribution >= 0.6 is 11.6 Å². The number of aromatic nitrogens is 3. The highest BCUT2D eigenvalue weighted by molar-refractivity contribution is 6.31. The number of hydrogen-bond acceptors (Lipinski definition) is 5. The lowest BCUT2D eigenvalue weighted by molar-refractivity contribution is 0.432. The van der Waals surface area contributed by atoms with Crippen molar-refractivity contribution in [3.63, 3.8) is 0 Å². The third kappa shape index (κ3) is 2.35. The summed E-state index contributed by atoms with van der Waals surface area (Å²) >= 11 is 5.87. The van der Waals surface area contributed by atoms with Crippen LogP contribution in [0, 0.1) is 6.92 Å². The number of nitrogen functional groups attached to an aromatic ring is 1. The van der Waals surface area contributed by atoms with Gasteiger partial charge >= 0.3 is 0 Å². The first-order valence-corrected chi connectivity index (χ1v) is 6.33. The van der Waals surface area contributed by atoms with Gasteiger partial charge in [0, 0.05) is 16.9 Å². The molecule has 0 amide bonds. The molecule has 2 N–H and O–H groups in total. The molecule has 0 aliphatic heterocycles. The monoisotopic (exact) mass is 286 g/mol. The van der Waals surface area contributed by atoms with Gasteiger partial charge in [-0.15, -0.1) is 0 Å². The molecular formula is C14H11ClN4O. The van der Waals surface area contributed by atoms with E-state index in [1.165, 1.54) is 0 Å². The average Bonchev–Trinajstić information content (AvgIpc) is 2.88. The van der Waals surface area contributed by atoms with Gasteiger partial charge in [-0.2, -0.15) is 4.98 Å². The summed E-state index contributed by atoms with van der Waals surface area (Å²) in [5, 5.41) is 4.49. The lowest BCUT2D eigenvalue weighted by Crippen LogP contribution is -1.90. The SMILES string of the molecule is Cc1ccnc(-c2noc(-c3ccc(Cl)cc3N)n2)c1. The summed E-state index contributed by atoms with van der Waals surface area (Å²) < 4.78 is 5.24. The number of nitrogens with two attached hydrogens (primary N) is 1. The van der Waals surface area contributed by atoms with Crippen molar-refractivity contribution >= 4 is 17.3 Å². The summed E-state index contributed by atoms with van der Waals surface area (Å²) in [6.45, 7) is 1.98. The van der Waals surface area contributed by atoms with Gasteiger partial charge in [-0.05, 0) is 42.8 Å². The van der Waals surface area contributed by atoms with E-state index in [1.807, 2.05) is 19.1 Å². The second-order valence-electron chi connectivity index (χ2n) is 4.37. The molecule has 2 heterocycles. The molecule has 2 aromatic heterocycles. The standard InChI is InChI=1S/C14H11ClN4O/c1-8-4-5-17-12(6-8)13-18-14(20-19-13)10-3-2-9(15)7-11(10)16/h2-7H,16H2,1H3. The van der Waals surface area contributed by atoms with E-state index in [9.17, 15) is 0 Å². The Morgan fingerprint density at radius 3 is 2.80 bits per heavy atom. The molecule has 0 aliphatic carbocycles. The average molecular weight is 287 g/mol. The van der Waals surface area contributed by atoms with Crippen molar-refractivity contribution in [2.45, 2.75) is 6.92 Å². The normalized spacial score (nSPS) is 10.7. The molecule has 0 atom stereocenters. The molecule has 0 unspecified atom stereocenters. The molecule has 3 rings (SSSR count). The maximum Gasteiger partial charge on any atom is 0.260 e. The number of aryl methyl sites for hydroxylation is 1. The predicted molar refractivity (Wildman–Crippen MR) is 77.1 cm³/mol. The van der Waals surface area contributed by atoms with E-state index in [4.69, 9.17) is 21.9 Å². The van der Waals surface area contributed by atoms with Crippen LogP contribution in [0.25, 0.3) is 23.0 Å². The first kappa shape index (κ1) is 12.6. The molecule has 1 aromatic carbocycles. The van der Waals surface area contributed by atoms with Crippen LogP contribution in [0.15, 0.2) is 41.1 Å². The number of rotatable bonds is 2. The molecule has 0 spiro atoms. The molecule has 20 heavy (non-hydrogen) atoms. The van der Waals surface area contributed by atoms with Crippen LogP contribution < -0.4 is 5.73 Å². The fraction of sp³-hybridized carbons (Fsp3) is 0.0714. The van der Waals surface area contributed by atoms with E-state index in [2.05, 4.69) is 15.1 Å². The summed E-state index contributed by atoms with van der Waals surface area (Å²) in [6, 6.07) is 8.91. The molecule has 0 radical (unpaired) electrons. The topological polar surface area (TPSA) is 77.8 Å². The Hall–Kier alpha value is -2.40. The molecule has 3 aromatic rings. The molecule has 0 aliphatic rings. The second kappa shape index (κ2) is 4.94. The van der Waals surface area contributed by atoms with E-state index < -0.39 is 0 Å². The predicted octanol–water partition coefficient (Wildman–Crippen LogP) is 3.34. The molecule has 0 bridgehead atoms. The quantitative estimate of drug-likeness (QED) is 0.731. The highest BCUT2D eigenvalue weighted by atomic mass is 35.5. The largest absolute Gasteiger partial charge is 0.398 e. The van der Waals surface area contributed by atoms with Crippen molar-refractivity contribution < 1.29 is 4.52 Å². The van der Waals surface area contributed by atoms with Gasteiger partial charge in [-0.25, -0.2) is 0 Å². The van der Waals surface area contributed by atoms with Crippen molar-refractivity contribution in [1.29, 1.82) is 0 Å². The van der Waals surface area contributed by atoms with E-state index >= 15 is 0 Å². The smallest absolute Gasteiger partial charge is 0.260 e. The maximum absolute atomic E-state index is 5.90. The highest BCUT2D eigenvalue weighted by Gasteiger charge is 2.14. The summed E-state index contributed by atoms with van der Waals surface area (Å²) in [7, 11) is 0. The number of nitrogens with zero attached hydrogens (tertiary/aromatic N) is 3. The molecule has 5 nitrogen and oxygen atoms in total. The zero-order valence-electron chi connectivity index (χ0n) is 10.7. The summed E-state index contributed by atoms with van der Waals surface area (Å²) in [5.74, 6) is 0.774. The molecule has 0 saturated heterocycles. The van der Waals surface area contributed by atoms with Crippen molar-refractivity contribution in [3.8, 4) is 23.0 Å². The zero-order chi connectivity index (χ0) is 14.1. The molecule has 100 valence electrons. The van der Waals surface area contributed by atoms with Crippen LogP contribution in [-0.2, 0) is 0 Å². The van der Waals surface area contributed by atoms with Crippen molar-refractivity contribution in [2.24, 2.45) is 0 Å². The van der Waals surface area contributed by atoms with Gasteiger partial charge in [0.05, 0.1) is 5.56 Å². The van der Waals surface area contributed by atoms with Gasteiger partial charge in [0.25, 0.3) is 5.89 Å². The van der Waals surface area contributed by atoms with E-state index in [0.29, 0.717) is 33.7 Å². The van der Waals surface area contributed by atoms with Crippen LogP contribution in [0.5, 0.6) is 0 Å². The van der Waals surface area contributed by atoms with Crippen molar-refractivity contribution in [3.05, 3.63) is 47.1 Å². The first-order chi connectivity index (χ1) is 9.63. The third-order valence-electron chi connectivity index (χ3n) is 2.81. The van der Waals surface area contributed by atoms with E-state index in [-0.39, 0.29) is 0 Å².